The average Bonchev–Trinajstić information content (AvgIpc) is 3.45. The van der Waals surface area contributed by atoms with Crippen LogP contribution < -0.4 is 19.1 Å². The van der Waals surface area contributed by atoms with Gasteiger partial charge in [-0.3, -0.25) is 19.0 Å². The van der Waals surface area contributed by atoms with Crippen molar-refractivity contribution in [1.29, 1.82) is 0 Å². The maximum atomic E-state index is 14.9. The molecule has 3 aromatic rings. The number of carbonyl (C=O) groups is 2. The van der Waals surface area contributed by atoms with Gasteiger partial charge in [0.25, 0.3) is 11.8 Å². The fourth-order valence-corrected chi connectivity index (χ4v) is 10.5. The first-order valence-electron chi connectivity index (χ1n) is 18.2. The van der Waals surface area contributed by atoms with Gasteiger partial charge >= 0.3 is 0 Å². The van der Waals surface area contributed by atoms with E-state index in [2.05, 4.69) is 31.2 Å². The van der Waals surface area contributed by atoms with Gasteiger partial charge in [0.1, 0.15) is 21.2 Å². The van der Waals surface area contributed by atoms with Crippen LogP contribution in [0.15, 0.2) is 59.1 Å². The summed E-state index contributed by atoms with van der Waals surface area (Å²) in [4.78, 5) is 30.2. The van der Waals surface area contributed by atoms with Crippen molar-refractivity contribution in [3.8, 4) is 11.6 Å². The number of aliphatic hydroxyl groups is 1. The molecule has 14 heteroatoms. The van der Waals surface area contributed by atoms with Crippen LogP contribution in [0.25, 0.3) is 0 Å². The quantitative estimate of drug-likeness (QED) is 0.329. The van der Waals surface area contributed by atoms with Crippen molar-refractivity contribution < 1.29 is 33.1 Å². The van der Waals surface area contributed by atoms with Crippen LogP contribution in [-0.4, -0.2) is 82.3 Å². The lowest BCUT2D eigenvalue weighted by Crippen LogP contribution is -2.49. The predicted octanol–water partition coefficient (Wildman–Crippen LogP) is 5.50. The molecule has 0 radical (unpaired) electrons. The molecular formula is C39H48ClN5O7S. The molecule has 2 N–H and O–H groups in total. The number of benzene rings is 2. The summed E-state index contributed by atoms with van der Waals surface area (Å²) in [5.74, 6) is -1.05. The van der Waals surface area contributed by atoms with E-state index < -0.39 is 39.0 Å². The topological polar surface area (TPSA) is 145 Å². The highest BCUT2D eigenvalue weighted by atomic mass is 35.5. The fourth-order valence-electron chi connectivity index (χ4n) is 8.48. The molecule has 7 rings (SSSR count). The lowest BCUT2D eigenvalue weighted by molar-refractivity contribution is 0.0124. The van der Waals surface area contributed by atoms with Crippen LogP contribution in [0, 0.1) is 17.8 Å². The number of hydrogen-bond acceptors (Lipinski definition) is 9. The van der Waals surface area contributed by atoms with E-state index in [0.29, 0.717) is 30.5 Å². The Morgan fingerprint density at radius 2 is 1.96 bits per heavy atom. The summed E-state index contributed by atoms with van der Waals surface area (Å²) >= 11 is 6.46. The smallest absolute Gasteiger partial charge is 0.286 e. The molecule has 2 bridgehead atoms. The molecule has 4 aliphatic rings. The summed E-state index contributed by atoms with van der Waals surface area (Å²) in [6.07, 6.45) is 8.52. The number of methoxy groups -OCH3 is 2. The van der Waals surface area contributed by atoms with E-state index in [1.807, 2.05) is 12.1 Å². The Morgan fingerprint density at radius 3 is 2.70 bits per heavy atom. The number of nitrogens with one attached hydrogen (secondary N) is 1. The summed E-state index contributed by atoms with van der Waals surface area (Å²) < 4.78 is 41.1. The van der Waals surface area contributed by atoms with Gasteiger partial charge in [-0.2, -0.15) is 0 Å². The summed E-state index contributed by atoms with van der Waals surface area (Å²) in [5, 5.41) is 15.3. The number of aryl methyl sites for hydroxylation is 2. The molecule has 1 spiro atoms. The molecule has 2 amide bonds. The monoisotopic (exact) mass is 765 g/mol. The zero-order chi connectivity index (χ0) is 37.7. The number of amides is 2. The molecule has 12 nitrogen and oxygen atoms in total. The number of fused-ring (bicyclic) bond motifs is 4. The van der Waals surface area contributed by atoms with E-state index in [9.17, 15) is 18.9 Å². The Labute approximate surface area is 316 Å². The minimum Gasteiger partial charge on any atom is -0.490 e. The first-order valence-corrected chi connectivity index (χ1v) is 20.2. The average molecular weight is 766 g/mol. The normalized spacial score (nSPS) is 31.3. The standard InChI is InChI=1S/C39H48ClN5O7S/c1-23-24(2)53(49,43-37(48)30-20-44(3)41-38(30)51-5)42-36(47)26-9-14-35-32(18-26)45(19-27-8-11-29(27)34(50-4)15-13-33(23)46)21-39(22-52-35)16-6-7-25-17-28(40)10-12-31(25)39/h9-10,12-15,17-18,20,23-24,27,29,33-34,46H,6-8,11,16,19,21-22H2,1-5H3,(H,42,43,47,48,49). The highest BCUT2D eigenvalue weighted by molar-refractivity contribution is 7.93. The summed E-state index contributed by atoms with van der Waals surface area (Å²) in [6.45, 7) is 5.15. The number of hydrogen-bond donors (Lipinski definition) is 2. The largest absolute Gasteiger partial charge is 0.490 e. The van der Waals surface area contributed by atoms with Crippen LogP contribution in [-0.2, 0) is 33.5 Å². The van der Waals surface area contributed by atoms with Gasteiger partial charge in [0.15, 0.2) is 0 Å². The molecule has 2 aliphatic heterocycles. The number of aromatic nitrogens is 2. The molecule has 284 valence electrons. The Balaban J connectivity index is 1.34. The molecular weight excluding hydrogens is 718 g/mol. The van der Waals surface area contributed by atoms with E-state index in [4.69, 9.17) is 25.8 Å². The first-order chi connectivity index (χ1) is 25.3. The zero-order valence-corrected chi connectivity index (χ0v) is 32.4. The van der Waals surface area contributed by atoms with Gasteiger partial charge in [0.2, 0.25) is 5.88 Å². The summed E-state index contributed by atoms with van der Waals surface area (Å²) in [5.41, 5.74) is 3.16. The fraction of sp³-hybridized carbons (Fsp3) is 0.513. The van der Waals surface area contributed by atoms with Gasteiger partial charge in [-0.15, -0.1) is 9.46 Å². The van der Waals surface area contributed by atoms with Crippen LogP contribution >= 0.6 is 11.6 Å². The number of carbonyl (C=O) groups excluding carboxylic acids is 2. The Bertz CT molecular complexity index is 2060. The first kappa shape index (κ1) is 37.4. The van der Waals surface area contributed by atoms with E-state index in [1.165, 1.54) is 29.1 Å². The Hall–Kier alpha value is -3.91. The number of anilines is 1. The molecule has 53 heavy (non-hydrogen) atoms. The third-order valence-corrected chi connectivity index (χ3v) is 14.5. The lowest BCUT2D eigenvalue weighted by atomic mass is 9.68. The molecule has 1 aromatic heterocycles. The van der Waals surface area contributed by atoms with Crippen molar-refractivity contribution >= 4 is 39.0 Å². The molecule has 0 saturated heterocycles. The SMILES string of the molecule is COc1nn(C)cc1C(=O)NS1(=O)=NC(=O)c2ccc3c(c2)N(CC2CCC2C(OC)C=CC(O)C(C)C1C)CC1(CCCc2cc(Cl)ccc21)CO3. The third-order valence-electron chi connectivity index (χ3n) is 11.9. The zero-order valence-electron chi connectivity index (χ0n) is 30.8. The summed E-state index contributed by atoms with van der Waals surface area (Å²) in [6, 6.07) is 11.3. The van der Waals surface area contributed by atoms with Crippen LogP contribution in [0.3, 0.4) is 0 Å². The van der Waals surface area contributed by atoms with E-state index in [0.717, 1.165) is 37.8 Å². The van der Waals surface area contributed by atoms with Crippen LogP contribution in [0.2, 0.25) is 5.02 Å². The second-order valence-electron chi connectivity index (χ2n) is 15.1. The summed E-state index contributed by atoms with van der Waals surface area (Å²) in [7, 11) is 0.819. The molecule has 2 aliphatic carbocycles. The van der Waals surface area contributed by atoms with Crippen molar-refractivity contribution in [3.05, 3.63) is 82.0 Å². The highest BCUT2D eigenvalue weighted by Crippen LogP contribution is 2.47. The van der Waals surface area contributed by atoms with Gasteiger partial charge in [0.05, 0.1) is 36.9 Å². The molecule has 8 atom stereocenters. The van der Waals surface area contributed by atoms with Gasteiger partial charge in [0, 0.05) is 55.4 Å². The van der Waals surface area contributed by atoms with E-state index in [-0.39, 0.29) is 40.4 Å². The minimum absolute atomic E-state index is 0.0309. The van der Waals surface area contributed by atoms with Crippen molar-refractivity contribution in [2.45, 2.75) is 68.8 Å². The van der Waals surface area contributed by atoms with Crippen molar-refractivity contribution in [2.24, 2.45) is 29.2 Å². The second-order valence-corrected chi connectivity index (χ2v) is 17.8. The molecule has 1 fully saturated rings. The Kier molecular flexibility index (Phi) is 10.4. The maximum Gasteiger partial charge on any atom is 0.286 e. The van der Waals surface area contributed by atoms with Crippen molar-refractivity contribution in [3.63, 3.8) is 0 Å². The number of ether oxygens (including phenoxy) is 3. The second kappa shape index (κ2) is 14.7. The van der Waals surface area contributed by atoms with Crippen molar-refractivity contribution in [1.82, 2.24) is 14.5 Å². The van der Waals surface area contributed by atoms with Gasteiger partial charge < -0.3 is 24.2 Å². The minimum atomic E-state index is -3.87. The number of nitrogens with zero attached hydrogens (tertiary/aromatic N) is 4. The maximum absolute atomic E-state index is 14.9. The lowest BCUT2D eigenvalue weighted by Gasteiger charge is -2.46. The highest BCUT2D eigenvalue weighted by Gasteiger charge is 2.45. The van der Waals surface area contributed by atoms with Crippen LogP contribution in [0.5, 0.6) is 11.6 Å². The number of rotatable bonds is 4. The van der Waals surface area contributed by atoms with E-state index >= 15 is 0 Å². The van der Waals surface area contributed by atoms with Crippen molar-refractivity contribution in [2.75, 3.05) is 38.8 Å². The molecule has 1 saturated carbocycles. The van der Waals surface area contributed by atoms with Gasteiger partial charge in [-0.05, 0) is 92.3 Å². The molecule has 3 heterocycles. The molecule has 2 aromatic carbocycles. The number of halogens is 1. The van der Waals surface area contributed by atoms with E-state index in [1.54, 1.807) is 52.3 Å². The molecule has 8 unspecified atom stereocenters. The third kappa shape index (κ3) is 7.08. The van der Waals surface area contributed by atoms with Crippen LogP contribution in [0.4, 0.5) is 5.69 Å². The Morgan fingerprint density at radius 1 is 1.15 bits per heavy atom. The van der Waals surface area contributed by atoms with Crippen LogP contribution in [0.1, 0.15) is 71.4 Å². The van der Waals surface area contributed by atoms with Gasteiger partial charge in [-0.25, -0.2) is 4.21 Å². The number of aliphatic hydroxyl groups excluding tert-OH is 1. The van der Waals surface area contributed by atoms with Gasteiger partial charge in [-0.1, -0.05) is 36.7 Å². The predicted molar refractivity (Wildman–Crippen MR) is 203 cm³/mol.